The minimum absolute atomic E-state index is 0.113. The maximum absolute atomic E-state index is 12.4. The molecule has 0 bridgehead atoms. The Morgan fingerprint density at radius 1 is 1.45 bits per heavy atom. The van der Waals surface area contributed by atoms with Crippen LogP contribution in [0.15, 0.2) is 11.4 Å². The number of hydrogen-bond donors (Lipinski definition) is 0. The second-order valence-corrected chi connectivity index (χ2v) is 6.87. The number of rotatable bonds is 4. The summed E-state index contributed by atoms with van der Waals surface area (Å²) in [6.07, 6.45) is 4.36. The Labute approximate surface area is 134 Å². The SMILES string of the molecule is CSc1ncc2c(n1)CCN(CCC(=O)OC(C)(C)C)C2=O. The molecule has 2 rings (SSSR count). The lowest BCUT2D eigenvalue weighted by Crippen LogP contribution is -2.40. The molecule has 0 N–H and O–H groups in total. The van der Waals surface area contributed by atoms with Gasteiger partial charge in [0, 0.05) is 25.7 Å². The van der Waals surface area contributed by atoms with E-state index in [2.05, 4.69) is 9.97 Å². The van der Waals surface area contributed by atoms with Crippen molar-refractivity contribution in [2.45, 2.75) is 44.4 Å². The first-order valence-corrected chi connectivity index (χ1v) is 8.43. The van der Waals surface area contributed by atoms with Gasteiger partial charge in [0.25, 0.3) is 5.91 Å². The van der Waals surface area contributed by atoms with Crippen molar-refractivity contribution in [1.29, 1.82) is 0 Å². The second kappa shape index (κ2) is 6.64. The number of esters is 1. The number of thioether (sulfide) groups is 1. The van der Waals surface area contributed by atoms with Gasteiger partial charge in [0.15, 0.2) is 5.16 Å². The summed E-state index contributed by atoms with van der Waals surface area (Å²) in [7, 11) is 0. The molecule has 0 aromatic carbocycles. The molecule has 0 saturated carbocycles. The van der Waals surface area contributed by atoms with Gasteiger partial charge in [-0.2, -0.15) is 0 Å². The molecule has 0 fully saturated rings. The third-order valence-electron chi connectivity index (χ3n) is 3.17. The quantitative estimate of drug-likeness (QED) is 0.479. The Hall–Kier alpha value is -1.63. The number of hydrogen-bond acceptors (Lipinski definition) is 6. The van der Waals surface area contributed by atoms with Crippen LogP contribution in [0.1, 0.15) is 43.2 Å². The lowest BCUT2D eigenvalue weighted by molar-refractivity contribution is -0.155. The van der Waals surface area contributed by atoms with Crippen molar-refractivity contribution < 1.29 is 14.3 Å². The Morgan fingerprint density at radius 3 is 2.82 bits per heavy atom. The molecule has 7 heteroatoms. The van der Waals surface area contributed by atoms with Gasteiger partial charge < -0.3 is 9.64 Å². The number of fused-ring (bicyclic) bond motifs is 1. The van der Waals surface area contributed by atoms with Crippen LogP contribution in [0.4, 0.5) is 0 Å². The fourth-order valence-corrected chi connectivity index (χ4v) is 2.57. The molecule has 0 saturated heterocycles. The van der Waals surface area contributed by atoms with Crippen molar-refractivity contribution >= 4 is 23.6 Å². The van der Waals surface area contributed by atoms with Gasteiger partial charge in [-0.25, -0.2) is 9.97 Å². The Kier molecular flexibility index (Phi) is 5.05. The molecule has 1 aromatic heterocycles. The second-order valence-electron chi connectivity index (χ2n) is 6.10. The van der Waals surface area contributed by atoms with Crippen LogP contribution >= 0.6 is 11.8 Å². The first kappa shape index (κ1) is 16.7. The van der Waals surface area contributed by atoms with Crippen LogP contribution in [0.3, 0.4) is 0 Å². The summed E-state index contributed by atoms with van der Waals surface area (Å²) >= 11 is 1.45. The molecule has 22 heavy (non-hydrogen) atoms. The van der Waals surface area contributed by atoms with Crippen LogP contribution < -0.4 is 0 Å². The topological polar surface area (TPSA) is 72.4 Å². The molecule has 0 radical (unpaired) electrons. The molecule has 1 amide bonds. The van der Waals surface area contributed by atoms with E-state index in [0.717, 1.165) is 5.69 Å². The van der Waals surface area contributed by atoms with E-state index in [0.29, 0.717) is 30.2 Å². The number of nitrogens with zero attached hydrogens (tertiary/aromatic N) is 3. The molecular weight excluding hydrogens is 302 g/mol. The summed E-state index contributed by atoms with van der Waals surface area (Å²) in [4.78, 5) is 34.3. The van der Waals surface area contributed by atoms with Crippen molar-refractivity contribution in [3.8, 4) is 0 Å². The minimum atomic E-state index is -0.502. The van der Waals surface area contributed by atoms with Gasteiger partial charge in [0.1, 0.15) is 5.60 Å². The van der Waals surface area contributed by atoms with Gasteiger partial charge in [-0.3, -0.25) is 9.59 Å². The zero-order valence-electron chi connectivity index (χ0n) is 13.4. The highest BCUT2D eigenvalue weighted by atomic mass is 32.2. The van der Waals surface area contributed by atoms with Gasteiger partial charge in [0.2, 0.25) is 0 Å². The zero-order valence-corrected chi connectivity index (χ0v) is 14.2. The molecule has 0 aliphatic carbocycles. The highest BCUT2D eigenvalue weighted by Crippen LogP contribution is 2.19. The van der Waals surface area contributed by atoms with Gasteiger partial charge in [-0.1, -0.05) is 11.8 Å². The Bertz CT molecular complexity index is 584. The van der Waals surface area contributed by atoms with Crippen LogP contribution in [0.5, 0.6) is 0 Å². The predicted molar refractivity (Wildman–Crippen MR) is 83.9 cm³/mol. The predicted octanol–water partition coefficient (Wildman–Crippen LogP) is 1.93. The number of ether oxygens (including phenoxy) is 1. The van der Waals surface area contributed by atoms with E-state index in [9.17, 15) is 9.59 Å². The zero-order chi connectivity index (χ0) is 16.3. The fraction of sp³-hybridized carbons (Fsp3) is 0.600. The lowest BCUT2D eigenvalue weighted by atomic mass is 10.1. The molecular formula is C15H21N3O3S. The monoisotopic (exact) mass is 323 g/mol. The summed E-state index contributed by atoms with van der Waals surface area (Å²) in [6, 6.07) is 0. The van der Waals surface area contributed by atoms with E-state index in [-0.39, 0.29) is 18.3 Å². The summed E-state index contributed by atoms with van der Waals surface area (Å²) in [5, 5.41) is 0.675. The van der Waals surface area contributed by atoms with Gasteiger partial charge in [-0.15, -0.1) is 0 Å². The van der Waals surface area contributed by atoms with Crippen molar-refractivity contribution in [1.82, 2.24) is 14.9 Å². The molecule has 120 valence electrons. The summed E-state index contributed by atoms with van der Waals surface area (Å²) < 4.78 is 5.26. The van der Waals surface area contributed by atoms with Crippen LogP contribution in [0, 0.1) is 0 Å². The van der Waals surface area contributed by atoms with Crippen molar-refractivity contribution in [2.75, 3.05) is 19.3 Å². The first-order chi connectivity index (χ1) is 10.3. The van der Waals surface area contributed by atoms with Crippen molar-refractivity contribution in [2.24, 2.45) is 0 Å². The maximum Gasteiger partial charge on any atom is 0.308 e. The normalized spacial score (nSPS) is 14.7. The average molecular weight is 323 g/mol. The van der Waals surface area contributed by atoms with Crippen LogP contribution in [-0.4, -0.2) is 51.7 Å². The molecule has 6 nitrogen and oxygen atoms in total. The van der Waals surface area contributed by atoms with E-state index in [4.69, 9.17) is 4.74 Å². The number of aromatic nitrogens is 2. The summed E-state index contributed by atoms with van der Waals surface area (Å²) in [6.45, 7) is 6.41. The number of carbonyl (C=O) groups excluding carboxylic acids is 2. The Balaban J connectivity index is 1.98. The van der Waals surface area contributed by atoms with Crippen LogP contribution in [0.2, 0.25) is 0 Å². The van der Waals surface area contributed by atoms with E-state index in [1.807, 2.05) is 27.0 Å². The summed E-state index contributed by atoms with van der Waals surface area (Å²) in [5.41, 5.74) is 0.823. The average Bonchev–Trinajstić information content (AvgIpc) is 2.44. The minimum Gasteiger partial charge on any atom is -0.460 e. The number of amides is 1. The molecule has 0 atom stereocenters. The molecule has 1 aliphatic heterocycles. The largest absolute Gasteiger partial charge is 0.460 e. The highest BCUT2D eigenvalue weighted by molar-refractivity contribution is 7.98. The molecule has 1 aromatic rings. The first-order valence-electron chi connectivity index (χ1n) is 7.21. The maximum atomic E-state index is 12.4. The van der Waals surface area contributed by atoms with E-state index < -0.39 is 5.60 Å². The van der Waals surface area contributed by atoms with Gasteiger partial charge in [0.05, 0.1) is 17.7 Å². The Morgan fingerprint density at radius 2 is 2.18 bits per heavy atom. The van der Waals surface area contributed by atoms with Crippen LogP contribution in [0.25, 0.3) is 0 Å². The smallest absolute Gasteiger partial charge is 0.308 e. The van der Waals surface area contributed by atoms with Crippen molar-refractivity contribution in [3.05, 3.63) is 17.5 Å². The van der Waals surface area contributed by atoms with Crippen LogP contribution in [-0.2, 0) is 16.0 Å². The standard InChI is InChI=1S/C15H21N3O3S/c1-15(2,3)21-12(19)6-8-18-7-5-11-10(13(18)20)9-16-14(17-11)22-4/h9H,5-8H2,1-4H3. The molecule has 2 heterocycles. The molecule has 1 aliphatic rings. The molecule has 0 spiro atoms. The highest BCUT2D eigenvalue weighted by Gasteiger charge is 2.27. The van der Waals surface area contributed by atoms with E-state index >= 15 is 0 Å². The lowest BCUT2D eigenvalue weighted by Gasteiger charge is -2.28. The summed E-state index contributed by atoms with van der Waals surface area (Å²) in [5.74, 6) is -0.405. The molecule has 0 unspecified atom stereocenters. The number of carbonyl (C=O) groups is 2. The third-order valence-corrected chi connectivity index (χ3v) is 3.73. The van der Waals surface area contributed by atoms with Crippen molar-refractivity contribution in [3.63, 3.8) is 0 Å². The third kappa shape index (κ3) is 4.19. The van der Waals surface area contributed by atoms with E-state index in [1.165, 1.54) is 11.8 Å². The fourth-order valence-electron chi connectivity index (χ4n) is 2.21. The van der Waals surface area contributed by atoms with Gasteiger partial charge in [-0.05, 0) is 27.0 Å². The van der Waals surface area contributed by atoms with E-state index in [1.54, 1.807) is 11.1 Å². The van der Waals surface area contributed by atoms with Gasteiger partial charge >= 0.3 is 5.97 Å².